The van der Waals surface area contributed by atoms with Crippen molar-refractivity contribution >= 4 is 17.9 Å². The van der Waals surface area contributed by atoms with Gasteiger partial charge >= 0.3 is 17.9 Å². The Kier molecular flexibility index (Phi) is 62.8. The third-order valence-corrected chi connectivity index (χ3v) is 13.9. The maximum Gasteiger partial charge on any atom is 0.306 e. The van der Waals surface area contributed by atoms with Gasteiger partial charge in [0.1, 0.15) is 13.2 Å². The van der Waals surface area contributed by atoms with E-state index in [0.717, 1.165) is 103 Å². The van der Waals surface area contributed by atoms with Gasteiger partial charge in [-0.2, -0.15) is 0 Å². The zero-order chi connectivity index (χ0) is 57.1. The van der Waals surface area contributed by atoms with Gasteiger partial charge in [0.25, 0.3) is 0 Å². The average molecular weight is 1100 g/mol. The predicted molar refractivity (Wildman–Crippen MR) is 343 cm³/mol. The first-order chi connectivity index (χ1) is 39.0. The molecular formula is C73H122O6. The van der Waals surface area contributed by atoms with Crippen molar-refractivity contribution in [2.75, 3.05) is 13.2 Å². The summed E-state index contributed by atoms with van der Waals surface area (Å²) in [5.41, 5.74) is 0. The van der Waals surface area contributed by atoms with E-state index in [9.17, 15) is 14.4 Å². The summed E-state index contributed by atoms with van der Waals surface area (Å²) in [7, 11) is 0. The third kappa shape index (κ3) is 64.5. The van der Waals surface area contributed by atoms with Gasteiger partial charge in [0.15, 0.2) is 6.10 Å². The number of hydrogen-bond donors (Lipinski definition) is 0. The van der Waals surface area contributed by atoms with Crippen molar-refractivity contribution in [3.63, 3.8) is 0 Å². The van der Waals surface area contributed by atoms with E-state index in [-0.39, 0.29) is 37.5 Å². The van der Waals surface area contributed by atoms with E-state index in [4.69, 9.17) is 14.2 Å². The van der Waals surface area contributed by atoms with Crippen LogP contribution < -0.4 is 0 Å². The predicted octanol–water partition coefficient (Wildman–Crippen LogP) is 22.8. The molecule has 1 unspecified atom stereocenters. The first-order valence-corrected chi connectivity index (χ1v) is 33.0. The van der Waals surface area contributed by atoms with Crippen molar-refractivity contribution in [2.45, 2.75) is 309 Å². The Morgan fingerprint density at radius 2 is 0.519 bits per heavy atom. The Hall–Kier alpha value is -4.19. The van der Waals surface area contributed by atoms with E-state index < -0.39 is 6.10 Å². The zero-order valence-corrected chi connectivity index (χ0v) is 51.6. The van der Waals surface area contributed by atoms with Gasteiger partial charge in [-0.15, -0.1) is 0 Å². The van der Waals surface area contributed by atoms with Gasteiger partial charge in [-0.25, -0.2) is 0 Å². The van der Waals surface area contributed by atoms with E-state index >= 15 is 0 Å². The van der Waals surface area contributed by atoms with Crippen LogP contribution in [0.1, 0.15) is 303 Å². The topological polar surface area (TPSA) is 78.9 Å². The Bertz CT molecular complexity index is 1640. The Morgan fingerprint density at radius 1 is 0.266 bits per heavy atom. The summed E-state index contributed by atoms with van der Waals surface area (Å²) in [5.74, 6) is -0.989. The molecule has 0 heterocycles. The highest BCUT2D eigenvalue weighted by Gasteiger charge is 2.19. The normalized spacial score (nSPS) is 12.9. The van der Waals surface area contributed by atoms with E-state index in [1.165, 1.54) is 154 Å². The van der Waals surface area contributed by atoms with Gasteiger partial charge in [-0.1, -0.05) is 290 Å². The molecule has 0 spiro atoms. The number of esters is 3. The number of unbranched alkanes of at least 4 members (excludes halogenated alkanes) is 28. The van der Waals surface area contributed by atoms with Gasteiger partial charge in [-0.3, -0.25) is 14.4 Å². The molecule has 450 valence electrons. The van der Waals surface area contributed by atoms with Gasteiger partial charge in [0, 0.05) is 19.3 Å². The lowest BCUT2D eigenvalue weighted by Gasteiger charge is -2.18. The highest BCUT2D eigenvalue weighted by Crippen LogP contribution is 2.17. The Balaban J connectivity index is 4.24. The van der Waals surface area contributed by atoms with Gasteiger partial charge in [0.05, 0.1) is 0 Å². The minimum atomic E-state index is -0.813. The van der Waals surface area contributed by atoms with Crippen LogP contribution in [0.2, 0.25) is 0 Å². The molecule has 1 atom stereocenters. The quantitative estimate of drug-likeness (QED) is 0.0261. The molecule has 0 saturated heterocycles. The summed E-state index contributed by atoms with van der Waals surface area (Å²) in [6.45, 7) is 6.33. The number of rotatable bonds is 59. The van der Waals surface area contributed by atoms with Crippen molar-refractivity contribution in [3.8, 4) is 0 Å². The summed E-state index contributed by atoms with van der Waals surface area (Å²) < 4.78 is 16.8. The molecule has 0 aromatic rings. The molecule has 0 N–H and O–H groups in total. The minimum Gasteiger partial charge on any atom is -0.462 e. The monoisotopic (exact) mass is 1090 g/mol. The van der Waals surface area contributed by atoms with E-state index in [2.05, 4.69) is 136 Å². The molecule has 0 amide bonds. The molecule has 79 heavy (non-hydrogen) atoms. The Morgan fingerprint density at radius 3 is 0.848 bits per heavy atom. The van der Waals surface area contributed by atoms with Crippen LogP contribution in [0, 0.1) is 0 Å². The molecule has 0 saturated carbocycles. The van der Waals surface area contributed by atoms with Crippen molar-refractivity contribution in [1.82, 2.24) is 0 Å². The van der Waals surface area contributed by atoms with Crippen LogP contribution in [0.5, 0.6) is 0 Å². The first kappa shape index (κ1) is 74.8. The third-order valence-electron chi connectivity index (χ3n) is 13.9. The molecular weight excluding hydrogens is 973 g/mol. The number of ether oxygens (including phenoxy) is 3. The molecule has 0 aromatic carbocycles. The molecule has 0 aliphatic rings. The summed E-state index contributed by atoms with van der Waals surface area (Å²) in [5, 5.41) is 0. The fourth-order valence-corrected chi connectivity index (χ4v) is 9.07. The van der Waals surface area contributed by atoms with Gasteiger partial charge in [-0.05, 0) is 116 Å². The molecule has 0 bridgehead atoms. The SMILES string of the molecule is CC/C=C\C/C=C\C/C=C\C/C=C\CCCCCCCCCCCCCCCCCCCCC(=O)OCC(COC(=O)CC/C=C\C/C=C\C/C=C\C/C=C\CC)OC(=O)CCCCCCCCC/C=C\C/C=C\CCCCC. The fraction of sp³-hybridized carbons (Fsp3) is 0.685. The van der Waals surface area contributed by atoms with Crippen molar-refractivity contribution in [2.24, 2.45) is 0 Å². The van der Waals surface area contributed by atoms with Gasteiger partial charge < -0.3 is 14.2 Å². The molecule has 0 aliphatic carbocycles. The van der Waals surface area contributed by atoms with Crippen LogP contribution in [0.4, 0.5) is 0 Å². The summed E-state index contributed by atoms with van der Waals surface area (Å²) in [6, 6.07) is 0. The van der Waals surface area contributed by atoms with Crippen molar-refractivity contribution in [3.05, 3.63) is 122 Å². The first-order valence-electron chi connectivity index (χ1n) is 33.0. The van der Waals surface area contributed by atoms with E-state index in [1.807, 2.05) is 6.08 Å². The number of carbonyl (C=O) groups is 3. The summed E-state index contributed by atoms with van der Waals surface area (Å²) in [4.78, 5) is 38.3. The van der Waals surface area contributed by atoms with Crippen LogP contribution in [0.25, 0.3) is 0 Å². The van der Waals surface area contributed by atoms with E-state index in [1.54, 1.807) is 0 Å². The van der Waals surface area contributed by atoms with Crippen LogP contribution >= 0.6 is 0 Å². The molecule has 0 fully saturated rings. The maximum absolute atomic E-state index is 12.9. The number of carbonyl (C=O) groups excluding carboxylic acids is 3. The lowest BCUT2D eigenvalue weighted by molar-refractivity contribution is -0.166. The second-order valence-electron chi connectivity index (χ2n) is 21.6. The van der Waals surface area contributed by atoms with Crippen LogP contribution in [0.3, 0.4) is 0 Å². The minimum absolute atomic E-state index is 0.103. The highest BCUT2D eigenvalue weighted by atomic mass is 16.6. The zero-order valence-electron chi connectivity index (χ0n) is 51.6. The van der Waals surface area contributed by atoms with Crippen molar-refractivity contribution in [1.29, 1.82) is 0 Å². The van der Waals surface area contributed by atoms with Crippen LogP contribution in [0.15, 0.2) is 122 Å². The Labute approximate surface area is 488 Å². The molecule has 0 aromatic heterocycles. The fourth-order valence-electron chi connectivity index (χ4n) is 9.07. The number of allylic oxidation sites excluding steroid dienone is 20. The van der Waals surface area contributed by atoms with Crippen LogP contribution in [-0.2, 0) is 28.6 Å². The second kappa shape index (κ2) is 66.3. The highest BCUT2D eigenvalue weighted by molar-refractivity contribution is 5.71. The lowest BCUT2D eigenvalue weighted by atomic mass is 10.0. The van der Waals surface area contributed by atoms with Crippen LogP contribution in [-0.4, -0.2) is 37.2 Å². The standard InChI is InChI=1S/C73H122O6/c1-4-7-10-13-16-19-22-25-27-29-30-31-32-33-34-35-36-37-38-39-40-41-42-44-45-48-51-54-57-60-63-66-72(75)78-69-70(68-77-71(74)65-62-59-56-53-50-47-24-21-18-15-12-9-6-3)79-73(76)67-64-61-58-55-52-49-46-43-28-26-23-20-17-14-11-8-5-2/h7,9-10,12,16-21,25-28,30-31,47,50,56,59,70H,4-6,8,11,13-15,22-24,29,32-46,48-49,51-55,57-58,60-69H2,1-3H3/b10-7-,12-9-,19-16-,20-17-,21-18-,27-25-,28-26-,31-30-,50-47-,59-56-. The largest absolute Gasteiger partial charge is 0.462 e. The molecule has 0 rings (SSSR count). The summed E-state index contributed by atoms with van der Waals surface area (Å²) in [6.07, 6.45) is 92.4. The molecule has 0 aliphatic heterocycles. The molecule has 0 radical (unpaired) electrons. The smallest absolute Gasteiger partial charge is 0.306 e. The summed E-state index contributed by atoms with van der Waals surface area (Å²) >= 11 is 0. The van der Waals surface area contributed by atoms with E-state index in [0.29, 0.717) is 19.3 Å². The maximum atomic E-state index is 12.9. The average Bonchev–Trinajstić information content (AvgIpc) is 3.45. The molecule has 6 heteroatoms. The second-order valence-corrected chi connectivity index (χ2v) is 21.6. The van der Waals surface area contributed by atoms with Crippen molar-refractivity contribution < 1.29 is 28.6 Å². The number of hydrogen-bond acceptors (Lipinski definition) is 6. The van der Waals surface area contributed by atoms with Gasteiger partial charge in [0.2, 0.25) is 0 Å². The lowest BCUT2D eigenvalue weighted by Crippen LogP contribution is -2.30. The molecule has 6 nitrogen and oxygen atoms in total.